The molecule has 1 heterocycles. The van der Waals surface area contributed by atoms with Crippen LogP contribution in [-0.4, -0.2) is 0 Å². The molecule has 33 heavy (non-hydrogen) atoms. The van der Waals surface area contributed by atoms with E-state index in [2.05, 4.69) is 73.7 Å². The summed E-state index contributed by atoms with van der Waals surface area (Å²) >= 11 is 2.00. The lowest BCUT2D eigenvalue weighted by Gasteiger charge is -2.13. The van der Waals surface area contributed by atoms with Gasteiger partial charge >= 0.3 is 0 Å². The van der Waals surface area contributed by atoms with Crippen LogP contribution in [-0.2, 0) is 6.42 Å². The molecule has 0 atom stereocenters. The molecule has 0 saturated heterocycles. The molecule has 0 unspecified atom stereocenters. The Kier molecular flexibility index (Phi) is 7.27. The smallest absolute Gasteiger partial charge is 0.0351 e. The second-order valence-corrected chi connectivity index (χ2v) is 10.8. The molecule has 1 heteroatoms. The molecule has 0 radical (unpaired) electrons. The minimum Gasteiger partial charge on any atom is -0.140 e. The molecular formula is C32H36S. The lowest BCUT2D eigenvalue weighted by Crippen LogP contribution is -1.85. The Morgan fingerprint density at radius 2 is 1.15 bits per heavy atom. The van der Waals surface area contributed by atoms with Gasteiger partial charge in [-0.25, -0.2) is 0 Å². The summed E-state index contributed by atoms with van der Waals surface area (Å²) in [7, 11) is 0. The van der Waals surface area contributed by atoms with Gasteiger partial charge in [-0.05, 0) is 62.9 Å². The van der Waals surface area contributed by atoms with Crippen LogP contribution in [0.25, 0.3) is 42.8 Å². The standard InChI is InChI=1S/C32H36S/c1-2-3-4-5-6-7-8-9-10-11-15-27-20-23-30(33-27)28-21-18-26-17-16-24-13-12-14-25-19-22-29(28)32(26)31(24)25/h12-14,16-23H,2-11,15H2,1H3. The monoisotopic (exact) mass is 452 g/mol. The normalized spacial score (nSPS) is 11.9. The average Bonchev–Trinajstić information content (AvgIpc) is 3.32. The van der Waals surface area contributed by atoms with Crippen LogP contribution >= 0.6 is 11.3 Å². The summed E-state index contributed by atoms with van der Waals surface area (Å²) in [6.45, 7) is 2.29. The summed E-state index contributed by atoms with van der Waals surface area (Å²) in [4.78, 5) is 2.95. The van der Waals surface area contributed by atoms with E-state index < -0.39 is 0 Å². The first-order valence-corrected chi connectivity index (χ1v) is 13.9. The van der Waals surface area contributed by atoms with E-state index in [4.69, 9.17) is 0 Å². The van der Waals surface area contributed by atoms with Crippen molar-refractivity contribution >= 4 is 43.7 Å². The number of hydrogen-bond acceptors (Lipinski definition) is 1. The fraction of sp³-hybridized carbons (Fsp3) is 0.375. The Morgan fingerprint density at radius 3 is 1.88 bits per heavy atom. The van der Waals surface area contributed by atoms with Crippen molar-refractivity contribution in [2.45, 2.75) is 77.6 Å². The van der Waals surface area contributed by atoms with E-state index in [1.54, 1.807) is 0 Å². The Balaban J connectivity index is 1.22. The third kappa shape index (κ3) is 4.94. The van der Waals surface area contributed by atoms with Crippen LogP contribution in [0.15, 0.2) is 66.7 Å². The highest BCUT2D eigenvalue weighted by atomic mass is 32.1. The number of benzene rings is 4. The topological polar surface area (TPSA) is 0 Å². The molecule has 4 aromatic carbocycles. The van der Waals surface area contributed by atoms with Crippen molar-refractivity contribution in [2.24, 2.45) is 0 Å². The Hall–Kier alpha value is -2.38. The van der Waals surface area contributed by atoms with Crippen molar-refractivity contribution < 1.29 is 0 Å². The fourth-order valence-electron chi connectivity index (χ4n) is 5.39. The van der Waals surface area contributed by atoms with Crippen molar-refractivity contribution in [3.05, 3.63) is 71.6 Å². The van der Waals surface area contributed by atoms with Gasteiger partial charge in [0.05, 0.1) is 0 Å². The summed E-state index contributed by atoms with van der Waals surface area (Å²) < 4.78 is 0. The molecule has 0 spiro atoms. The second kappa shape index (κ2) is 10.7. The predicted octanol–water partition coefficient (Wildman–Crippen LogP) is 10.8. The molecule has 170 valence electrons. The summed E-state index contributed by atoms with van der Waals surface area (Å²) in [5.74, 6) is 0. The zero-order valence-electron chi connectivity index (χ0n) is 20.0. The van der Waals surface area contributed by atoms with Crippen molar-refractivity contribution in [2.75, 3.05) is 0 Å². The third-order valence-corrected chi connectivity index (χ3v) is 8.41. The average molecular weight is 453 g/mol. The first-order valence-electron chi connectivity index (χ1n) is 13.1. The van der Waals surface area contributed by atoms with Crippen LogP contribution in [0.2, 0.25) is 0 Å². The van der Waals surface area contributed by atoms with Gasteiger partial charge < -0.3 is 0 Å². The van der Waals surface area contributed by atoms with Crippen molar-refractivity contribution in [3.8, 4) is 10.4 Å². The number of unbranched alkanes of at least 4 members (excludes halogenated alkanes) is 9. The van der Waals surface area contributed by atoms with Gasteiger partial charge in [0.15, 0.2) is 0 Å². The van der Waals surface area contributed by atoms with Gasteiger partial charge in [0, 0.05) is 9.75 Å². The number of thiophene rings is 1. The minimum absolute atomic E-state index is 1.23. The van der Waals surface area contributed by atoms with Crippen LogP contribution in [0.5, 0.6) is 0 Å². The van der Waals surface area contributed by atoms with E-state index in [0.717, 1.165) is 0 Å². The zero-order chi connectivity index (χ0) is 22.5. The minimum atomic E-state index is 1.23. The van der Waals surface area contributed by atoms with Gasteiger partial charge in [-0.2, -0.15) is 0 Å². The summed E-state index contributed by atoms with van der Waals surface area (Å²) in [5.41, 5.74) is 1.39. The molecule has 0 nitrogen and oxygen atoms in total. The van der Waals surface area contributed by atoms with Crippen molar-refractivity contribution in [3.63, 3.8) is 0 Å². The van der Waals surface area contributed by atoms with Crippen LogP contribution in [0.1, 0.15) is 76.0 Å². The van der Waals surface area contributed by atoms with Gasteiger partial charge in [-0.3, -0.25) is 0 Å². The summed E-state index contributed by atoms with van der Waals surface area (Å²) in [6, 6.07) is 25.2. The number of rotatable bonds is 12. The highest BCUT2D eigenvalue weighted by molar-refractivity contribution is 7.15. The summed E-state index contributed by atoms with van der Waals surface area (Å²) in [5, 5.41) is 8.26. The molecule has 0 saturated carbocycles. The molecule has 0 bridgehead atoms. The van der Waals surface area contributed by atoms with Crippen LogP contribution < -0.4 is 0 Å². The molecule has 1 aromatic heterocycles. The maximum absolute atomic E-state index is 2.37. The van der Waals surface area contributed by atoms with Gasteiger partial charge in [0.25, 0.3) is 0 Å². The molecule has 5 aromatic rings. The predicted molar refractivity (Wildman–Crippen MR) is 149 cm³/mol. The Labute approximate surface area is 203 Å². The molecule has 0 aliphatic rings. The Morgan fingerprint density at radius 1 is 0.545 bits per heavy atom. The molecule has 0 fully saturated rings. The summed E-state index contributed by atoms with van der Waals surface area (Å²) in [6.07, 6.45) is 15.3. The maximum atomic E-state index is 2.37. The van der Waals surface area contributed by atoms with E-state index in [1.165, 1.54) is 118 Å². The van der Waals surface area contributed by atoms with Gasteiger partial charge in [0.2, 0.25) is 0 Å². The first-order chi connectivity index (χ1) is 16.3. The van der Waals surface area contributed by atoms with Gasteiger partial charge in [0.1, 0.15) is 0 Å². The quantitative estimate of drug-likeness (QED) is 0.130. The molecule has 0 amide bonds. The van der Waals surface area contributed by atoms with E-state index in [0.29, 0.717) is 0 Å². The fourth-order valence-corrected chi connectivity index (χ4v) is 6.48. The van der Waals surface area contributed by atoms with Gasteiger partial charge in [-0.15, -0.1) is 11.3 Å². The van der Waals surface area contributed by atoms with E-state index in [1.807, 2.05) is 11.3 Å². The molecule has 0 N–H and O–H groups in total. The second-order valence-electron chi connectivity index (χ2n) is 9.67. The zero-order valence-corrected chi connectivity index (χ0v) is 20.9. The highest BCUT2D eigenvalue weighted by Gasteiger charge is 2.13. The van der Waals surface area contributed by atoms with Crippen LogP contribution in [0.3, 0.4) is 0 Å². The van der Waals surface area contributed by atoms with E-state index in [-0.39, 0.29) is 0 Å². The van der Waals surface area contributed by atoms with E-state index >= 15 is 0 Å². The number of hydrogen-bond donors (Lipinski definition) is 0. The van der Waals surface area contributed by atoms with E-state index in [9.17, 15) is 0 Å². The van der Waals surface area contributed by atoms with Crippen molar-refractivity contribution in [1.29, 1.82) is 0 Å². The lowest BCUT2D eigenvalue weighted by atomic mass is 9.91. The first kappa shape index (κ1) is 22.4. The number of aryl methyl sites for hydroxylation is 1. The molecule has 0 aliphatic heterocycles. The molecule has 5 rings (SSSR count). The lowest BCUT2D eigenvalue weighted by molar-refractivity contribution is 0.557. The Bertz CT molecular complexity index is 1290. The van der Waals surface area contributed by atoms with Crippen LogP contribution in [0.4, 0.5) is 0 Å². The largest absolute Gasteiger partial charge is 0.140 e. The van der Waals surface area contributed by atoms with Crippen LogP contribution in [0, 0.1) is 0 Å². The molecular weight excluding hydrogens is 416 g/mol. The maximum Gasteiger partial charge on any atom is 0.0351 e. The van der Waals surface area contributed by atoms with Gasteiger partial charge in [-0.1, -0.05) is 119 Å². The molecule has 0 aliphatic carbocycles. The van der Waals surface area contributed by atoms with Crippen molar-refractivity contribution in [1.82, 2.24) is 0 Å². The third-order valence-electron chi connectivity index (χ3n) is 7.23. The SMILES string of the molecule is CCCCCCCCCCCCc1ccc(-c2ccc3ccc4cccc5ccc2c3c45)s1. The highest BCUT2D eigenvalue weighted by Crippen LogP contribution is 2.41.